The highest BCUT2D eigenvalue weighted by atomic mass is 35.5. The van der Waals surface area contributed by atoms with Crippen LogP contribution in [0.3, 0.4) is 0 Å². The number of carbonyl (C=O) groups is 1. The van der Waals surface area contributed by atoms with Gasteiger partial charge in [-0.2, -0.15) is 0 Å². The molecule has 2 rings (SSSR count). The number of carbonyl (C=O) groups excluding carboxylic acids is 1. The second kappa shape index (κ2) is 9.69. The lowest BCUT2D eigenvalue weighted by Gasteiger charge is -2.22. The van der Waals surface area contributed by atoms with Crippen molar-refractivity contribution in [1.82, 2.24) is 15.5 Å². The summed E-state index contributed by atoms with van der Waals surface area (Å²) in [6, 6.07) is 16.9. The molecule has 0 fully saturated rings. The third-order valence-electron chi connectivity index (χ3n) is 3.67. The van der Waals surface area contributed by atoms with Gasteiger partial charge in [-0.1, -0.05) is 48.0 Å². The zero-order chi connectivity index (χ0) is 18.1. The Morgan fingerprint density at radius 3 is 2.36 bits per heavy atom. The van der Waals surface area contributed by atoms with Crippen molar-refractivity contribution in [3.8, 4) is 0 Å². The minimum Gasteiger partial charge on any atom is -0.354 e. The molecule has 6 heteroatoms. The maximum absolute atomic E-state index is 12.0. The molecule has 0 heterocycles. The Bertz CT molecular complexity index is 718. The Kier molecular flexibility index (Phi) is 7.29. The van der Waals surface area contributed by atoms with Crippen molar-refractivity contribution in [3.63, 3.8) is 0 Å². The number of guanidine groups is 1. The summed E-state index contributed by atoms with van der Waals surface area (Å²) in [5.41, 5.74) is 1.69. The van der Waals surface area contributed by atoms with Gasteiger partial charge in [0.05, 0.1) is 0 Å². The van der Waals surface area contributed by atoms with Gasteiger partial charge in [0.1, 0.15) is 0 Å². The molecule has 2 aromatic rings. The summed E-state index contributed by atoms with van der Waals surface area (Å²) in [7, 11) is 3.68. The number of amides is 1. The van der Waals surface area contributed by atoms with Gasteiger partial charge in [-0.05, 0) is 23.8 Å². The van der Waals surface area contributed by atoms with Crippen LogP contribution in [0.25, 0.3) is 0 Å². The van der Waals surface area contributed by atoms with E-state index in [9.17, 15) is 4.79 Å². The molecule has 2 N–H and O–H groups in total. The van der Waals surface area contributed by atoms with Crippen LogP contribution in [0.4, 0.5) is 0 Å². The average Bonchev–Trinajstić information content (AvgIpc) is 2.64. The van der Waals surface area contributed by atoms with E-state index >= 15 is 0 Å². The fraction of sp³-hybridized carbons (Fsp3) is 0.263. The number of nitrogens with zero attached hydrogens (tertiary/aromatic N) is 2. The Labute approximate surface area is 153 Å². The van der Waals surface area contributed by atoms with E-state index in [4.69, 9.17) is 11.6 Å². The maximum atomic E-state index is 12.0. The minimum absolute atomic E-state index is 0.0817. The van der Waals surface area contributed by atoms with Crippen molar-refractivity contribution < 1.29 is 4.79 Å². The third kappa shape index (κ3) is 5.80. The molecule has 0 unspecified atom stereocenters. The third-order valence-corrected chi connectivity index (χ3v) is 4.04. The van der Waals surface area contributed by atoms with E-state index < -0.39 is 0 Å². The first-order chi connectivity index (χ1) is 12.1. The van der Waals surface area contributed by atoms with Gasteiger partial charge >= 0.3 is 0 Å². The Morgan fingerprint density at radius 2 is 1.68 bits per heavy atom. The summed E-state index contributed by atoms with van der Waals surface area (Å²) in [5.74, 6) is 0.663. The Morgan fingerprint density at radius 1 is 1.04 bits per heavy atom. The second-order valence-corrected chi connectivity index (χ2v) is 5.95. The molecule has 2 aromatic carbocycles. The Balaban J connectivity index is 1.78. The largest absolute Gasteiger partial charge is 0.354 e. The average molecular weight is 359 g/mol. The number of hydrogen-bond donors (Lipinski definition) is 2. The Hall–Kier alpha value is -2.53. The molecule has 0 bridgehead atoms. The van der Waals surface area contributed by atoms with Crippen molar-refractivity contribution in [2.45, 2.75) is 6.54 Å². The molecule has 0 aliphatic heterocycles. The standard InChI is InChI=1S/C19H23ClN4O/c1-21-19(24(2)14-16-10-6-7-11-17(16)20)23-13-12-22-18(25)15-8-4-3-5-9-15/h3-11H,12-14H2,1-2H3,(H,21,23)(H,22,25). The van der Waals surface area contributed by atoms with Gasteiger partial charge in [0.25, 0.3) is 5.91 Å². The van der Waals surface area contributed by atoms with Gasteiger partial charge in [-0.15, -0.1) is 0 Å². The van der Waals surface area contributed by atoms with Gasteiger partial charge in [0.2, 0.25) is 0 Å². The summed E-state index contributed by atoms with van der Waals surface area (Å²) >= 11 is 6.20. The smallest absolute Gasteiger partial charge is 0.251 e. The van der Waals surface area contributed by atoms with Crippen LogP contribution >= 0.6 is 11.6 Å². The van der Waals surface area contributed by atoms with Crippen molar-refractivity contribution in [2.75, 3.05) is 27.2 Å². The summed E-state index contributed by atoms with van der Waals surface area (Å²) in [4.78, 5) is 18.2. The summed E-state index contributed by atoms with van der Waals surface area (Å²) in [6.45, 7) is 1.74. The normalized spacial score (nSPS) is 11.1. The van der Waals surface area contributed by atoms with Crippen molar-refractivity contribution >= 4 is 23.5 Å². The zero-order valence-electron chi connectivity index (χ0n) is 14.5. The molecule has 0 saturated carbocycles. The summed E-state index contributed by atoms with van der Waals surface area (Å²) < 4.78 is 0. The van der Waals surface area contributed by atoms with Crippen LogP contribution < -0.4 is 10.6 Å². The number of aliphatic imine (C=N–C) groups is 1. The number of halogens is 1. The number of hydrogen-bond acceptors (Lipinski definition) is 2. The minimum atomic E-state index is -0.0817. The molecule has 0 radical (unpaired) electrons. The highest BCUT2D eigenvalue weighted by Gasteiger charge is 2.09. The lowest BCUT2D eigenvalue weighted by molar-refractivity contribution is 0.0954. The first-order valence-corrected chi connectivity index (χ1v) is 8.48. The van der Waals surface area contributed by atoms with Gasteiger partial charge in [0, 0.05) is 44.3 Å². The molecule has 132 valence electrons. The van der Waals surface area contributed by atoms with E-state index in [2.05, 4.69) is 15.6 Å². The molecule has 0 saturated heterocycles. The summed E-state index contributed by atoms with van der Waals surface area (Å²) in [6.07, 6.45) is 0. The molecule has 0 aromatic heterocycles. The van der Waals surface area contributed by atoms with Crippen LogP contribution in [0.2, 0.25) is 5.02 Å². The van der Waals surface area contributed by atoms with Gasteiger partial charge in [0.15, 0.2) is 5.96 Å². The van der Waals surface area contributed by atoms with Crippen LogP contribution in [-0.4, -0.2) is 44.0 Å². The first-order valence-electron chi connectivity index (χ1n) is 8.10. The molecule has 0 aliphatic rings. The van der Waals surface area contributed by atoms with E-state index in [1.54, 1.807) is 19.2 Å². The van der Waals surface area contributed by atoms with E-state index in [-0.39, 0.29) is 5.91 Å². The number of benzene rings is 2. The van der Waals surface area contributed by atoms with Crippen LogP contribution in [0, 0.1) is 0 Å². The molecule has 5 nitrogen and oxygen atoms in total. The van der Waals surface area contributed by atoms with Crippen LogP contribution in [0.5, 0.6) is 0 Å². The molecular formula is C19H23ClN4O. The van der Waals surface area contributed by atoms with Gasteiger partial charge < -0.3 is 15.5 Å². The molecule has 1 amide bonds. The molecule has 0 aliphatic carbocycles. The lowest BCUT2D eigenvalue weighted by Crippen LogP contribution is -2.42. The topological polar surface area (TPSA) is 56.7 Å². The van der Waals surface area contributed by atoms with Crippen LogP contribution in [-0.2, 0) is 6.54 Å². The predicted octanol–water partition coefficient (Wildman–Crippen LogP) is 2.78. The molecule has 25 heavy (non-hydrogen) atoms. The maximum Gasteiger partial charge on any atom is 0.251 e. The van der Waals surface area contributed by atoms with E-state index in [1.807, 2.05) is 54.4 Å². The van der Waals surface area contributed by atoms with Crippen molar-refractivity contribution in [3.05, 3.63) is 70.7 Å². The predicted molar refractivity (Wildman–Crippen MR) is 103 cm³/mol. The fourth-order valence-corrected chi connectivity index (χ4v) is 2.58. The first kappa shape index (κ1) is 18.8. The summed E-state index contributed by atoms with van der Waals surface area (Å²) in [5, 5.41) is 6.85. The molecule has 0 atom stereocenters. The van der Waals surface area contributed by atoms with Gasteiger partial charge in [-0.3, -0.25) is 9.79 Å². The number of rotatable bonds is 6. The molecular weight excluding hydrogens is 336 g/mol. The van der Waals surface area contributed by atoms with E-state index in [0.717, 1.165) is 16.5 Å². The van der Waals surface area contributed by atoms with Crippen molar-refractivity contribution in [2.24, 2.45) is 4.99 Å². The quantitative estimate of drug-likeness (QED) is 0.474. The SMILES string of the molecule is CN=C(NCCNC(=O)c1ccccc1)N(C)Cc1ccccc1Cl. The van der Waals surface area contributed by atoms with Gasteiger partial charge in [-0.25, -0.2) is 0 Å². The van der Waals surface area contributed by atoms with E-state index in [0.29, 0.717) is 25.2 Å². The number of nitrogens with one attached hydrogen (secondary N) is 2. The van der Waals surface area contributed by atoms with E-state index in [1.165, 1.54) is 0 Å². The lowest BCUT2D eigenvalue weighted by atomic mass is 10.2. The zero-order valence-corrected chi connectivity index (χ0v) is 15.3. The molecule has 0 spiro atoms. The fourth-order valence-electron chi connectivity index (χ4n) is 2.38. The van der Waals surface area contributed by atoms with Crippen LogP contribution in [0.1, 0.15) is 15.9 Å². The highest BCUT2D eigenvalue weighted by molar-refractivity contribution is 6.31. The van der Waals surface area contributed by atoms with Crippen LogP contribution in [0.15, 0.2) is 59.6 Å². The highest BCUT2D eigenvalue weighted by Crippen LogP contribution is 2.16. The monoisotopic (exact) mass is 358 g/mol. The van der Waals surface area contributed by atoms with Crippen molar-refractivity contribution in [1.29, 1.82) is 0 Å². The second-order valence-electron chi connectivity index (χ2n) is 5.54.